The molecule has 0 N–H and O–H groups in total. The van der Waals surface area contributed by atoms with E-state index in [0.29, 0.717) is 6.42 Å². The second-order valence-electron chi connectivity index (χ2n) is 3.63. The van der Waals surface area contributed by atoms with E-state index < -0.39 is 0 Å². The summed E-state index contributed by atoms with van der Waals surface area (Å²) in [6, 6.07) is 0.282. The zero-order valence-electron chi connectivity index (χ0n) is 9.94. The third-order valence-corrected chi connectivity index (χ3v) is 2.24. The van der Waals surface area contributed by atoms with Gasteiger partial charge in [-0.15, -0.1) is 0 Å². The van der Waals surface area contributed by atoms with Gasteiger partial charge < -0.3 is 9.69 Å². The maximum Gasteiger partial charge on any atom is 0.120 e. The van der Waals surface area contributed by atoms with Crippen molar-refractivity contribution in [3.05, 3.63) is 36.5 Å². The second kappa shape index (κ2) is 8.18. The van der Waals surface area contributed by atoms with Crippen molar-refractivity contribution in [3.8, 4) is 0 Å². The van der Waals surface area contributed by atoms with Crippen molar-refractivity contribution < 1.29 is 4.79 Å². The Morgan fingerprint density at radius 3 is 2.53 bits per heavy atom. The highest BCUT2D eigenvalue weighted by atomic mass is 16.1. The van der Waals surface area contributed by atoms with Crippen LogP contribution in [0.5, 0.6) is 0 Å². The molecule has 84 valence electrons. The summed E-state index contributed by atoms with van der Waals surface area (Å²) in [6.07, 6.45) is 10.3. The van der Waals surface area contributed by atoms with Crippen LogP contribution in [0, 0.1) is 0 Å². The van der Waals surface area contributed by atoms with Gasteiger partial charge >= 0.3 is 0 Å². The molecule has 2 nitrogen and oxygen atoms in total. The van der Waals surface area contributed by atoms with Gasteiger partial charge in [0.05, 0.1) is 0 Å². The third-order valence-electron chi connectivity index (χ3n) is 2.24. The zero-order valence-corrected chi connectivity index (χ0v) is 9.94. The Morgan fingerprint density at radius 1 is 1.47 bits per heavy atom. The number of rotatable bonds is 7. The number of likely N-dealkylation sites (N-methyl/N-ethyl adjacent to an activating group) is 1. The van der Waals surface area contributed by atoms with Gasteiger partial charge in [0, 0.05) is 12.5 Å². The van der Waals surface area contributed by atoms with E-state index in [2.05, 4.69) is 17.6 Å². The van der Waals surface area contributed by atoms with E-state index in [4.69, 9.17) is 0 Å². The number of hydrogen-bond donors (Lipinski definition) is 0. The van der Waals surface area contributed by atoms with Gasteiger partial charge in [-0.25, -0.2) is 0 Å². The van der Waals surface area contributed by atoms with E-state index in [9.17, 15) is 4.79 Å². The fraction of sp³-hybridized carbons (Fsp3) is 0.462. The average Bonchev–Trinajstić information content (AvgIpc) is 2.18. The molecule has 15 heavy (non-hydrogen) atoms. The van der Waals surface area contributed by atoms with Gasteiger partial charge in [0.25, 0.3) is 0 Å². The molecule has 0 heterocycles. The number of allylic oxidation sites excluding steroid dienone is 3. The molecule has 0 unspecified atom stereocenters. The maximum atomic E-state index is 10.4. The number of carbonyl (C=O) groups is 1. The van der Waals surface area contributed by atoms with Crippen LogP contribution < -0.4 is 0 Å². The fourth-order valence-corrected chi connectivity index (χ4v) is 1.56. The van der Waals surface area contributed by atoms with Crippen LogP contribution in [-0.2, 0) is 4.79 Å². The SMILES string of the molecule is C=C/C=C(\C=C/C)[C@@H](CCC=O)N(C)C. The van der Waals surface area contributed by atoms with Crippen molar-refractivity contribution in [2.24, 2.45) is 0 Å². The molecule has 0 aliphatic rings. The summed E-state index contributed by atoms with van der Waals surface area (Å²) in [5.74, 6) is 0. The molecule has 0 aromatic rings. The first kappa shape index (κ1) is 13.8. The zero-order chi connectivity index (χ0) is 11.7. The normalized spacial score (nSPS) is 14.5. The van der Waals surface area contributed by atoms with Crippen LogP contribution in [0.15, 0.2) is 36.5 Å². The lowest BCUT2D eigenvalue weighted by atomic mass is 10.0. The smallest absolute Gasteiger partial charge is 0.120 e. The summed E-state index contributed by atoms with van der Waals surface area (Å²) >= 11 is 0. The quantitative estimate of drug-likeness (QED) is 0.472. The van der Waals surface area contributed by atoms with Crippen molar-refractivity contribution in [1.29, 1.82) is 0 Å². The maximum absolute atomic E-state index is 10.4. The standard InChI is InChI=1S/C13H21NO/c1-5-8-12(9-6-2)13(14(3)4)10-7-11-15/h5-6,8-9,11,13H,1,7,10H2,2-4H3/b9-6-,12-8+/t13-/m1/s1. The predicted molar refractivity (Wildman–Crippen MR) is 65.9 cm³/mol. The second-order valence-corrected chi connectivity index (χ2v) is 3.63. The van der Waals surface area contributed by atoms with Crippen molar-refractivity contribution in [2.75, 3.05) is 14.1 Å². The first-order valence-corrected chi connectivity index (χ1v) is 5.22. The molecule has 0 bridgehead atoms. The lowest BCUT2D eigenvalue weighted by molar-refractivity contribution is -0.108. The molecular weight excluding hydrogens is 186 g/mol. The topological polar surface area (TPSA) is 20.3 Å². The fourth-order valence-electron chi connectivity index (χ4n) is 1.56. The van der Waals surface area contributed by atoms with Crippen LogP contribution in [0.25, 0.3) is 0 Å². The van der Waals surface area contributed by atoms with E-state index in [-0.39, 0.29) is 6.04 Å². The van der Waals surface area contributed by atoms with E-state index in [1.54, 1.807) is 6.08 Å². The van der Waals surface area contributed by atoms with Gasteiger partial charge in [-0.05, 0) is 33.0 Å². The summed E-state index contributed by atoms with van der Waals surface area (Å²) in [4.78, 5) is 12.5. The van der Waals surface area contributed by atoms with Gasteiger partial charge in [-0.3, -0.25) is 0 Å². The highest BCUT2D eigenvalue weighted by Crippen LogP contribution is 2.15. The number of aldehydes is 1. The van der Waals surface area contributed by atoms with Crippen LogP contribution in [-0.4, -0.2) is 31.3 Å². The van der Waals surface area contributed by atoms with E-state index in [0.717, 1.165) is 12.7 Å². The molecule has 0 saturated heterocycles. The summed E-state index contributed by atoms with van der Waals surface area (Å²) in [7, 11) is 4.05. The molecule has 0 spiro atoms. The Hall–Kier alpha value is -1.15. The molecule has 0 aliphatic heterocycles. The number of hydrogen-bond acceptors (Lipinski definition) is 2. The Bertz CT molecular complexity index is 251. The summed E-state index contributed by atoms with van der Waals surface area (Å²) in [6.45, 7) is 5.70. The number of nitrogens with zero attached hydrogens (tertiary/aromatic N) is 1. The molecular formula is C13H21NO. The molecule has 0 rings (SSSR count). The van der Waals surface area contributed by atoms with Gasteiger partial charge in [0.2, 0.25) is 0 Å². The van der Waals surface area contributed by atoms with Gasteiger partial charge in [0.1, 0.15) is 6.29 Å². The van der Waals surface area contributed by atoms with Crippen LogP contribution in [0.3, 0.4) is 0 Å². The van der Waals surface area contributed by atoms with Crippen LogP contribution in [0.4, 0.5) is 0 Å². The average molecular weight is 207 g/mol. The molecule has 0 aliphatic carbocycles. The first-order valence-electron chi connectivity index (χ1n) is 5.22. The van der Waals surface area contributed by atoms with E-state index in [1.165, 1.54) is 5.57 Å². The molecule has 2 heteroatoms. The molecule has 0 aromatic heterocycles. The van der Waals surface area contributed by atoms with Gasteiger partial charge in [-0.2, -0.15) is 0 Å². The minimum Gasteiger partial charge on any atom is -0.303 e. The summed E-state index contributed by atoms with van der Waals surface area (Å²) in [5.41, 5.74) is 1.19. The van der Waals surface area contributed by atoms with Crippen molar-refractivity contribution in [2.45, 2.75) is 25.8 Å². The largest absolute Gasteiger partial charge is 0.303 e. The van der Waals surface area contributed by atoms with Crippen molar-refractivity contribution in [3.63, 3.8) is 0 Å². The predicted octanol–water partition coefficient (Wildman–Crippen LogP) is 2.58. The highest BCUT2D eigenvalue weighted by Gasteiger charge is 2.13. The molecule has 0 saturated carbocycles. The molecule has 1 atom stereocenters. The highest BCUT2D eigenvalue weighted by molar-refractivity contribution is 5.49. The van der Waals surface area contributed by atoms with E-state index in [1.807, 2.05) is 33.2 Å². The third kappa shape index (κ3) is 5.33. The summed E-state index contributed by atoms with van der Waals surface area (Å²) < 4.78 is 0. The Balaban J connectivity index is 4.74. The Labute approximate surface area is 93.0 Å². The lowest BCUT2D eigenvalue weighted by Gasteiger charge is -2.24. The molecule has 0 radical (unpaired) electrons. The van der Waals surface area contributed by atoms with Crippen LogP contribution in [0.1, 0.15) is 19.8 Å². The molecule has 0 aromatic carbocycles. The van der Waals surface area contributed by atoms with Crippen molar-refractivity contribution >= 4 is 6.29 Å². The van der Waals surface area contributed by atoms with Crippen LogP contribution in [0.2, 0.25) is 0 Å². The first-order chi connectivity index (χ1) is 7.17. The number of carbonyl (C=O) groups excluding carboxylic acids is 1. The van der Waals surface area contributed by atoms with Gasteiger partial charge in [-0.1, -0.05) is 30.9 Å². The van der Waals surface area contributed by atoms with Gasteiger partial charge in [0.15, 0.2) is 0 Å². The molecule has 0 fully saturated rings. The van der Waals surface area contributed by atoms with Crippen LogP contribution >= 0.6 is 0 Å². The Morgan fingerprint density at radius 2 is 2.13 bits per heavy atom. The minimum absolute atomic E-state index is 0.282. The summed E-state index contributed by atoms with van der Waals surface area (Å²) in [5, 5.41) is 0. The lowest BCUT2D eigenvalue weighted by Crippen LogP contribution is -2.29. The Kier molecular flexibility index (Phi) is 7.56. The monoisotopic (exact) mass is 207 g/mol. The molecule has 0 amide bonds. The van der Waals surface area contributed by atoms with Crippen molar-refractivity contribution in [1.82, 2.24) is 4.90 Å². The van der Waals surface area contributed by atoms with E-state index >= 15 is 0 Å². The minimum atomic E-state index is 0.282.